The van der Waals surface area contributed by atoms with Crippen LogP contribution in [-0.2, 0) is 6.54 Å². The summed E-state index contributed by atoms with van der Waals surface area (Å²) in [6, 6.07) is 13.0. The largest absolute Gasteiger partial charge is 0.505 e. The van der Waals surface area contributed by atoms with Crippen molar-refractivity contribution in [1.29, 1.82) is 0 Å². The monoisotopic (exact) mass is 324 g/mol. The number of amides is 1. The zero-order valence-corrected chi connectivity index (χ0v) is 12.3. The molecule has 2 aromatic carbocycles. The second-order valence-corrected chi connectivity index (χ2v) is 5.02. The molecule has 0 saturated carbocycles. The fraction of sp³-hybridized carbons (Fsp3) is 0.0625. The van der Waals surface area contributed by atoms with E-state index in [4.69, 9.17) is 0 Å². The van der Waals surface area contributed by atoms with E-state index in [1.54, 1.807) is 0 Å². The normalized spacial score (nSPS) is 10.5. The van der Waals surface area contributed by atoms with Crippen molar-refractivity contribution in [1.82, 2.24) is 15.5 Å². The number of nitro benzene ring substituents is 1. The number of rotatable bonds is 4. The number of nitrogens with zero attached hydrogens (tertiary/aromatic N) is 3. The summed E-state index contributed by atoms with van der Waals surface area (Å²) in [6.45, 7) is 0.258. The summed E-state index contributed by atoms with van der Waals surface area (Å²) in [5.41, 5.74) is 0.660. The van der Waals surface area contributed by atoms with Gasteiger partial charge in [-0.15, -0.1) is 10.2 Å². The Hall–Kier alpha value is -3.55. The molecule has 0 unspecified atom stereocenters. The maximum absolute atomic E-state index is 12.2. The first-order chi connectivity index (χ1) is 11.6. The Bertz CT molecular complexity index is 928. The molecule has 3 aromatic rings. The summed E-state index contributed by atoms with van der Waals surface area (Å²) in [6.07, 6.45) is 0. The molecule has 0 fully saturated rings. The van der Waals surface area contributed by atoms with Crippen LogP contribution in [0.3, 0.4) is 0 Å². The lowest BCUT2D eigenvalue weighted by Crippen LogP contribution is -2.24. The minimum atomic E-state index is -0.614. The van der Waals surface area contributed by atoms with Crippen LogP contribution in [0.1, 0.15) is 16.1 Å². The molecule has 0 spiro atoms. The van der Waals surface area contributed by atoms with Gasteiger partial charge in [0.05, 0.1) is 15.8 Å². The van der Waals surface area contributed by atoms with Gasteiger partial charge in [0, 0.05) is 18.7 Å². The van der Waals surface area contributed by atoms with Gasteiger partial charge in [-0.3, -0.25) is 14.9 Å². The first-order valence-electron chi connectivity index (χ1n) is 7.02. The quantitative estimate of drug-likeness (QED) is 0.561. The number of carbonyl (C=O) groups excluding carboxylic acids is 1. The average molecular weight is 324 g/mol. The van der Waals surface area contributed by atoms with Crippen molar-refractivity contribution < 1.29 is 14.8 Å². The van der Waals surface area contributed by atoms with Gasteiger partial charge in [0.2, 0.25) is 0 Å². The van der Waals surface area contributed by atoms with E-state index < -0.39 is 16.6 Å². The van der Waals surface area contributed by atoms with E-state index in [0.29, 0.717) is 0 Å². The maximum Gasteiger partial charge on any atom is 0.275 e. The topological polar surface area (TPSA) is 118 Å². The highest BCUT2D eigenvalue weighted by Crippen LogP contribution is 2.28. The van der Waals surface area contributed by atoms with Crippen molar-refractivity contribution in [2.45, 2.75) is 6.54 Å². The van der Waals surface area contributed by atoms with E-state index in [1.165, 1.54) is 12.1 Å². The molecule has 3 rings (SSSR count). The van der Waals surface area contributed by atoms with Crippen LogP contribution in [-0.4, -0.2) is 26.1 Å². The number of nitro groups is 1. The number of hydrogen-bond acceptors (Lipinski definition) is 6. The standard InChI is InChI=1S/C16H12N4O4/c21-15-12-8-11(20(23)24)6-7-13(12)18-19-14(15)16(22)17-9-10-4-2-1-3-5-10/h1-8H,9H2,(H,17,22)(H,18,21). The van der Waals surface area contributed by atoms with Crippen molar-refractivity contribution in [3.8, 4) is 5.75 Å². The second-order valence-electron chi connectivity index (χ2n) is 5.02. The minimum absolute atomic E-state index is 0.101. The fourth-order valence-corrected chi connectivity index (χ4v) is 2.21. The van der Waals surface area contributed by atoms with Gasteiger partial charge >= 0.3 is 0 Å². The molecule has 0 bridgehead atoms. The van der Waals surface area contributed by atoms with Gasteiger partial charge in [0.1, 0.15) is 0 Å². The van der Waals surface area contributed by atoms with E-state index in [2.05, 4.69) is 15.5 Å². The summed E-state index contributed by atoms with van der Waals surface area (Å²) < 4.78 is 0. The predicted octanol–water partition coefficient (Wildman–Crippen LogP) is 2.17. The molecule has 0 radical (unpaired) electrons. The lowest BCUT2D eigenvalue weighted by atomic mass is 10.1. The van der Waals surface area contributed by atoms with Gasteiger partial charge in [-0.2, -0.15) is 0 Å². The number of carbonyl (C=O) groups is 1. The van der Waals surface area contributed by atoms with Crippen LogP contribution < -0.4 is 5.32 Å². The van der Waals surface area contributed by atoms with Crippen molar-refractivity contribution in [2.24, 2.45) is 0 Å². The molecule has 24 heavy (non-hydrogen) atoms. The molecule has 0 aliphatic carbocycles. The van der Waals surface area contributed by atoms with E-state index >= 15 is 0 Å². The summed E-state index contributed by atoms with van der Waals surface area (Å²) in [7, 11) is 0. The number of benzene rings is 2. The zero-order valence-electron chi connectivity index (χ0n) is 12.3. The fourth-order valence-electron chi connectivity index (χ4n) is 2.21. The third kappa shape index (κ3) is 2.98. The van der Waals surface area contributed by atoms with E-state index in [1.807, 2.05) is 30.3 Å². The first kappa shape index (κ1) is 15.3. The molecule has 120 valence electrons. The minimum Gasteiger partial charge on any atom is -0.505 e. The van der Waals surface area contributed by atoms with Gasteiger partial charge in [-0.05, 0) is 11.6 Å². The second kappa shape index (κ2) is 6.29. The van der Waals surface area contributed by atoms with E-state index in [9.17, 15) is 20.0 Å². The molecule has 2 N–H and O–H groups in total. The highest BCUT2D eigenvalue weighted by atomic mass is 16.6. The number of non-ortho nitro benzene ring substituents is 1. The van der Waals surface area contributed by atoms with Crippen LogP contribution in [0.25, 0.3) is 10.9 Å². The van der Waals surface area contributed by atoms with Crippen LogP contribution in [0.15, 0.2) is 48.5 Å². The highest BCUT2D eigenvalue weighted by Gasteiger charge is 2.18. The third-order valence-electron chi connectivity index (χ3n) is 3.44. The van der Waals surface area contributed by atoms with Crippen LogP contribution in [0.4, 0.5) is 5.69 Å². The van der Waals surface area contributed by atoms with Crippen LogP contribution >= 0.6 is 0 Å². The third-order valence-corrected chi connectivity index (χ3v) is 3.44. The van der Waals surface area contributed by atoms with Crippen molar-refractivity contribution in [3.63, 3.8) is 0 Å². The molecule has 1 heterocycles. The SMILES string of the molecule is O=C(NCc1ccccc1)c1nnc2ccc([N+](=O)[O-])cc2c1O. The number of aromatic nitrogens is 2. The highest BCUT2D eigenvalue weighted by molar-refractivity contribution is 6.00. The molecule has 1 aromatic heterocycles. The Balaban J connectivity index is 1.89. The summed E-state index contributed by atoms with van der Waals surface area (Å²) in [5.74, 6) is -1.05. The van der Waals surface area contributed by atoms with Crippen molar-refractivity contribution in [3.05, 3.63) is 69.9 Å². The number of aromatic hydroxyl groups is 1. The van der Waals surface area contributed by atoms with Crippen molar-refractivity contribution in [2.75, 3.05) is 0 Å². The Morgan fingerprint density at radius 3 is 2.62 bits per heavy atom. The predicted molar refractivity (Wildman–Crippen MR) is 85.5 cm³/mol. The van der Waals surface area contributed by atoms with Gasteiger partial charge in [0.15, 0.2) is 11.4 Å². The van der Waals surface area contributed by atoms with Gasteiger partial charge in [-0.25, -0.2) is 0 Å². The smallest absolute Gasteiger partial charge is 0.275 e. The van der Waals surface area contributed by atoms with Crippen LogP contribution in [0, 0.1) is 10.1 Å². The molecule has 1 amide bonds. The number of hydrogen-bond donors (Lipinski definition) is 2. The molecular weight excluding hydrogens is 312 g/mol. The molecule has 0 aliphatic rings. The van der Waals surface area contributed by atoms with Crippen LogP contribution in [0.5, 0.6) is 5.75 Å². The van der Waals surface area contributed by atoms with E-state index in [0.717, 1.165) is 11.6 Å². The molecule has 8 heteroatoms. The lowest BCUT2D eigenvalue weighted by Gasteiger charge is -2.07. The molecule has 0 saturated heterocycles. The summed E-state index contributed by atoms with van der Waals surface area (Å²) in [5, 5.41) is 31.3. The maximum atomic E-state index is 12.2. The molecular formula is C16H12N4O4. The Morgan fingerprint density at radius 1 is 1.17 bits per heavy atom. The number of nitrogens with one attached hydrogen (secondary N) is 1. The van der Waals surface area contributed by atoms with Crippen LogP contribution in [0.2, 0.25) is 0 Å². The van der Waals surface area contributed by atoms with Gasteiger partial charge in [0.25, 0.3) is 11.6 Å². The first-order valence-corrected chi connectivity index (χ1v) is 7.02. The molecule has 0 atom stereocenters. The molecule has 0 aliphatic heterocycles. The number of fused-ring (bicyclic) bond motifs is 1. The van der Waals surface area contributed by atoms with Gasteiger partial charge < -0.3 is 10.4 Å². The van der Waals surface area contributed by atoms with E-state index in [-0.39, 0.29) is 28.8 Å². The Morgan fingerprint density at radius 2 is 1.92 bits per heavy atom. The summed E-state index contributed by atoms with van der Waals surface area (Å²) in [4.78, 5) is 22.4. The average Bonchev–Trinajstić information content (AvgIpc) is 2.60. The lowest BCUT2D eigenvalue weighted by molar-refractivity contribution is -0.384. The zero-order chi connectivity index (χ0) is 17.1. The van der Waals surface area contributed by atoms with Crippen molar-refractivity contribution >= 4 is 22.5 Å². The molecule has 8 nitrogen and oxygen atoms in total. The Labute approximate surface area is 135 Å². The summed E-state index contributed by atoms with van der Waals surface area (Å²) >= 11 is 0. The van der Waals surface area contributed by atoms with Gasteiger partial charge in [-0.1, -0.05) is 30.3 Å². The Kier molecular flexibility index (Phi) is 4.02.